The molecule has 1 atom stereocenters. The van der Waals surface area contributed by atoms with Crippen molar-refractivity contribution in [3.63, 3.8) is 0 Å². The summed E-state index contributed by atoms with van der Waals surface area (Å²) in [4.78, 5) is 14.2. The third kappa shape index (κ3) is 3.02. The number of morpholine rings is 1. The Bertz CT molecular complexity index is 505. The number of ether oxygens (including phenoxy) is 1. The van der Waals surface area contributed by atoms with Crippen LogP contribution in [0.1, 0.15) is 23.7 Å². The number of carbonyl (C=O) groups excluding carboxylic acids is 1. The molecule has 0 amide bonds. The smallest absolute Gasteiger partial charge is 0.195 e. The van der Waals surface area contributed by atoms with E-state index in [9.17, 15) is 18.0 Å². The van der Waals surface area contributed by atoms with Crippen LogP contribution in [-0.2, 0) is 4.74 Å². The van der Waals surface area contributed by atoms with Crippen LogP contribution in [0.4, 0.5) is 13.2 Å². The van der Waals surface area contributed by atoms with E-state index in [2.05, 4.69) is 0 Å². The number of hydrogen-bond donors (Lipinski definition) is 0. The van der Waals surface area contributed by atoms with E-state index in [1.54, 1.807) is 0 Å². The summed E-state index contributed by atoms with van der Waals surface area (Å²) in [7, 11) is 0. The van der Waals surface area contributed by atoms with Crippen LogP contribution < -0.4 is 0 Å². The molecule has 110 valence electrons. The number of benzene rings is 1. The van der Waals surface area contributed by atoms with Crippen molar-refractivity contribution in [3.8, 4) is 0 Å². The molecule has 2 rings (SSSR count). The Morgan fingerprint density at radius 2 is 2.10 bits per heavy atom. The zero-order valence-electron chi connectivity index (χ0n) is 11.2. The second-order valence-electron chi connectivity index (χ2n) is 4.75. The van der Waals surface area contributed by atoms with Crippen molar-refractivity contribution in [2.24, 2.45) is 0 Å². The van der Waals surface area contributed by atoms with Crippen molar-refractivity contribution in [1.29, 1.82) is 0 Å². The van der Waals surface area contributed by atoms with Gasteiger partial charge in [-0.3, -0.25) is 9.69 Å². The van der Waals surface area contributed by atoms with Gasteiger partial charge in [-0.25, -0.2) is 13.2 Å². The van der Waals surface area contributed by atoms with Gasteiger partial charge in [-0.1, -0.05) is 6.92 Å². The molecule has 1 aromatic carbocycles. The minimum absolute atomic E-state index is 0.338. The first-order chi connectivity index (χ1) is 9.54. The van der Waals surface area contributed by atoms with Crippen molar-refractivity contribution < 1.29 is 22.7 Å². The Balaban J connectivity index is 2.17. The molecular formula is C14H16F3NO2. The highest BCUT2D eigenvalue weighted by atomic mass is 19.2. The average molecular weight is 287 g/mol. The molecule has 0 spiro atoms. The molecular weight excluding hydrogens is 271 g/mol. The molecule has 1 aromatic rings. The van der Waals surface area contributed by atoms with Gasteiger partial charge in [0.1, 0.15) is 6.10 Å². The second-order valence-corrected chi connectivity index (χ2v) is 4.75. The van der Waals surface area contributed by atoms with Crippen molar-refractivity contribution >= 4 is 5.78 Å². The third-order valence-electron chi connectivity index (χ3n) is 3.28. The van der Waals surface area contributed by atoms with Crippen LogP contribution >= 0.6 is 0 Å². The lowest BCUT2D eigenvalue weighted by Gasteiger charge is -2.31. The highest BCUT2D eigenvalue weighted by Gasteiger charge is 2.30. The number of nitrogens with zero attached hydrogens (tertiary/aromatic N) is 1. The van der Waals surface area contributed by atoms with Crippen LogP contribution in [0.3, 0.4) is 0 Å². The summed E-state index contributed by atoms with van der Waals surface area (Å²) in [5.41, 5.74) is -0.466. The minimum Gasteiger partial charge on any atom is -0.367 e. The molecule has 1 aliphatic rings. The maximum atomic E-state index is 13.6. The SMILES string of the molecule is CCCN1CCOC(C(=O)c2ccc(F)c(F)c2F)C1. The number of ketones is 1. The Morgan fingerprint density at radius 1 is 1.35 bits per heavy atom. The molecule has 0 radical (unpaired) electrons. The average Bonchev–Trinajstić information content (AvgIpc) is 2.45. The summed E-state index contributed by atoms with van der Waals surface area (Å²) in [6, 6.07) is 1.70. The normalized spacial score (nSPS) is 20.1. The van der Waals surface area contributed by atoms with Gasteiger partial charge in [0.05, 0.1) is 12.2 Å². The van der Waals surface area contributed by atoms with E-state index in [-0.39, 0.29) is 0 Å². The Kier molecular flexibility index (Phi) is 4.77. The first-order valence-corrected chi connectivity index (χ1v) is 6.56. The van der Waals surface area contributed by atoms with Crippen LogP contribution in [0.25, 0.3) is 0 Å². The maximum Gasteiger partial charge on any atom is 0.195 e. The maximum absolute atomic E-state index is 13.6. The predicted molar refractivity (Wildman–Crippen MR) is 67.1 cm³/mol. The van der Waals surface area contributed by atoms with Gasteiger partial charge in [-0.05, 0) is 25.1 Å². The fraction of sp³-hybridized carbons (Fsp3) is 0.500. The fourth-order valence-electron chi connectivity index (χ4n) is 2.27. The van der Waals surface area contributed by atoms with E-state index < -0.39 is 34.9 Å². The standard InChI is InChI=1S/C14H16F3NO2/c1-2-5-18-6-7-20-11(8-18)14(19)9-3-4-10(15)13(17)12(9)16/h3-4,11H,2,5-8H2,1H3. The number of rotatable bonds is 4. The predicted octanol–water partition coefficient (Wildman–Crippen LogP) is 2.40. The van der Waals surface area contributed by atoms with Gasteiger partial charge < -0.3 is 4.74 Å². The van der Waals surface area contributed by atoms with Gasteiger partial charge in [0.2, 0.25) is 0 Å². The van der Waals surface area contributed by atoms with E-state index in [1.165, 1.54) is 0 Å². The highest BCUT2D eigenvalue weighted by molar-refractivity contribution is 6.00. The van der Waals surface area contributed by atoms with Gasteiger partial charge >= 0.3 is 0 Å². The molecule has 3 nitrogen and oxygen atoms in total. The van der Waals surface area contributed by atoms with Gasteiger partial charge in [0.15, 0.2) is 23.2 Å². The zero-order valence-corrected chi connectivity index (χ0v) is 11.2. The number of hydrogen-bond acceptors (Lipinski definition) is 3. The first kappa shape index (κ1) is 15.0. The van der Waals surface area contributed by atoms with Crippen molar-refractivity contribution in [3.05, 3.63) is 35.1 Å². The summed E-state index contributed by atoms with van der Waals surface area (Å²) in [5, 5.41) is 0. The van der Waals surface area contributed by atoms with E-state index in [4.69, 9.17) is 4.74 Å². The largest absolute Gasteiger partial charge is 0.367 e. The van der Waals surface area contributed by atoms with E-state index in [0.717, 1.165) is 25.1 Å². The molecule has 1 fully saturated rings. The fourth-order valence-corrected chi connectivity index (χ4v) is 2.27. The monoisotopic (exact) mass is 287 g/mol. The molecule has 0 N–H and O–H groups in total. The molecule has 0 aromatic heterocycles. The molecule has 1 saturated heterocycles. The lowest BCUT2D eigenvalue weighted by Crippen LogP contribution is -2.46. The van der Waals surface area contributed by atoms with Crippen molar-refractivity contribution in [2.75, 3.05) is 26.2 Å². The van der Waals surface area contributed by atoms with Gasteiger partial charge in [0.25, 0.3) is 0 Å². The molecule has 0 bridgehead atoms. The number of Topliss-reactive ketones (excluding diaryl/α,β-unsaturated/α-hetero) is 1. The number of carbonyl (C=O) groups is 1. The molecule has 20 heavy (non-hydrogen) atoms. The molecule has 1 aliphatic heterocycles. The summed E-state index contributed by atoms with van der Waals surface area (Å²) in [6.45, 7) is 4.24. The van der Waals surface area contributed by atoms with E-state index in [0.29, 0.717) is 19.7 Å². The van der Waals surface area contributed by atoms with Crippen molar-refractivity contribution in [2.45, 2.75) is 19.4 Å². The van der Waals surface area contributed by atoms with Crippen molar-refractivity contribution in [1.82, 2.24) is 4.90 Å². The molecule has 6 heteroatoms. The Labute approximate surface area is 115 Å². The molecule has 0 saturated carbocycles. The zero-order chi connectivity index (χ0) is 14.7. The summed E-state index contributed by atoms with van der Waals surface area (Å²) < 4.78 is 45.0. The molecule has 1 heterocycles. The number of halogens is 3. The summed E-state index contributed by atoms with van der Waals surface area (Å²) in [6.07, 6.45) is 0.0927. The topological polar surface area (TPSA) is 29.5 Å². The van der Waals surface area contributed by atoms with Gasteiger partial charge in [-0.2, -0.15) is 0 Å². The van der Waals surface area contributed by atoms with Crippen LogP contribution in [-0.4, -0.2) is 43.0 Å². The van der Waals surface area contributed by atoms with Crippen LogP contribution in [0.15, 0.2) is 12.1 Å². The molecule has 0 aliphatic carbocycles. The third-order valence-corrected chi connectivity index (χ3v) is 3.28. The van der Waals surface area contributed by atoms with Gasteiger partial charge in [0, 0.05) is 13.1 Å². The second kappa shape index (κ2) is 6.37. The van der Waals surface area contributed by atoms with Crippen LogP contribution in [0, 0.1) is 17.5 Å². The minimum atomic E-state index is -1.63. The summed E-state index contributed by atoms with van der Waals surface area (Å²) in [5.74, 6) is -5.04. The van der Waals surface area contributed by atoms with Crippen LogP contribution in [0.2, 0.25) is 0 Å². The summed E-state index contributed by atoms with van der Waals surface area (Å²) >= 11 is 0. The quantitative estimate of drug-likeness (QED) is 0.629. The molecule has 1 unspecified atom stereocenters. The van der Waals surface area contributed by atoms with Gasteiger partial charge in [-0.15, -0.1) is 0 Å². The lowest BCUT2D eigenvalue weighted by molar-refractivity contribution is -0.0166. The lowest BCUT2D eigenvalue weighted by atomic mass is 10.0. The first-order valence-electron chi connectivity index (χ1n) is 6.56. The van der Waals surface area contributed by atoms with Crippen LogP contribution in [0.5, 0.6) is 0 Å². The Hall–Kier alpha value is -1.40. The Morgan fingerprint density at radius 3 is 2.80 bits per heavy atom. The van der Waals surface area contributed by atoms with E-state index >= 15 is 0 Å². The van der Waals surface area contributed by atoms with E-state index in [1.807, 2.05) is 11.8 Å². The highest BCUT2D eigenvalue weighted by Crippen LogP contribution is 2.19.